The fourth-order valence-electron chi connectivity index (χ4n) is 4.45. The van der Waals surface area contributed by atoms with Gasteiger partial charge in [-0.25, -0.2) is 0 Å². The third kappa shape index (κ3) is 5.26. The van der Waals surface area contributed by atoms with Crippen LogP contribution in [0.5, 0.6) is 17.2 Å². The Morgan fingerprint density at radius 3 is 2.37 bits per heavy atom. The average Bonchev–Trinajstić information content (AvgIpc) is 3.61. The SMILES string of the molecule is COc1cccc(N(C(=O)c2ccco2)[C@@H](C(=O)NC2CCCC2)c2ccc(OC)c(OC)c2)c1. The second-order valence-corrected chi connectivity index (χ2v) is 8.36. The van der Waals surface area contributed by atoms with Crippen molar-refractivity contribution in [2.45, 2.75) is 37.8 Å². The zero-order valence-electron chi connectivity index (χ0n) is 20.2. The van der Waals surface area contributed by atoms with Crippen LogP contribution in [0.2, 0.25) is 0 Å². The van der Waals surface area contributed by atoms with Crippen LogP contribution in [0.3, 0.4) is 0 Å². The maximum Gasteiger partial charge on any atom is 0.294 e. The first-order chi connectivity index (χ1) is 17.0. The molecule has 35 heavy (non-hydrogen) atoms. The molecule has 0 spiro atoms. The van der Waals surface area contributed by atoms with Gasteiger partial charge in [0, 0.05) is 17.8 Å². The van der Waals surface area contributed by atoms with Gasteiger partial charge in [0.15, 0.2) is 17.3 Å². The van der Waals surface area contributed by atoms with Gasteiger partial charge in [0.1, 0.15) is 11.8 Å². The molecule has 1 aromatic heterocycles. The maximum absolute atomic E-state index is 13.9. The lowest BCUT2D eigenvalue weighted by atomic mass is 10.0. The summed E-state index contributed by atoms with van der Waals surface area (Å²) < 4.78 is 21.7. The number of hydrogen-bond acceptors (Lipinski definition) is 6. The summed E-state index contributed by atoms with van der Waals surface area (Å²) in [6.45, 7) is 0. The van der Waals surface area contributed by atoms with E-state index in [-0.39, 0.29) is 17.7 Å². The summed E-state index contributed by atoms with van der Waals surface area (Å²) >= 11 is 0. The minimum absolute atomic E-state index is 0.0658. The summed E-state index contributed by atoms with van der Waals surface area (Å²) in [5.74, 6) is 0.918. The molecule has 8 nitrogen and oxygen atoms in total. The van der Waals surface area contributed by atoms with Gasteiger partial charge in [0.2, 0.25) is 5.91 Å². The highest BCUT2D eigenvalue weighted by Gasteiger charge is 2.36. The Bertz CT molecular complexity index is 1150. The van der Waals surface area contributed by atoms with E-state index in [1.54, 1.807) is 68.8 Å². The second kappa shape index (κ2) is 11.0. The third-order valence-corrected chi connectivity index (χ3v) is 6.21. The number of rotatable bonds is 9. The number of benzene rings is 2. The number of methoxy groups -OCH3 is 3. The molecular formula is C27H30N2O6. The van der Waals surface area contributed by atoms with Gasteiger partial charge in [0.25, 0.3) is 5.91 Å². The average molecular weight is 479 g/mol. The number of hydrogen-bond donors (Lipinski definition) is 1. The van der Waals surface area contributed by atoms with Crippen LogP contribution in [0.4, 0.5) is 5.69 Å². The van der Waals surface area contributed by atoms with E-state index < -0.39 is 11.9 Å². The molecule has 0 saturated heterocycles. The zero-order chi connectivity index (χ0) is 24.8. The highest BCUT2D eigenvalue weighted by atomic mass is 16.5. The van der Waals surface area contributed by atoms with Gasteiger partial charge in [0.05, 0.1) is 27.6 Å². The number of carbonyl (C=O) groups excluding carboxylic acids is 2. The quantitative estimate of drug-likeness (QED) is 0.477. The zero-order valence-corrected chi connectivity index (χ0v) is 20.2. The lowest BCUT2D eigenvalue weighted by molar-refractivity contribution is -0.123. The predicted octanol–water partition coefficient (Wildman–Crippen LogP) is 4.75. The molecule has 3 aromatic rings. The highest BCUT2D eigenvalue weighted by molar-refractivity contribution is 6.08. The minimum atomic E-state index is -1.000. The number of carbonyl (C=O) groups is 2. The van der Waals surface area contributed by atoms with Crippen LogP contribution in [0, 0.1) is 0 Å². The Hall–Kier alpha value is -3.94. The summed E-state index contributed by atoms with van der Waals surface area (Å²) in [7, 11) is 4.63. The topological polar surface area (TPSA) is 90.2 Å². The van der Waals surface area contributed by atoms with E-state index in [1.165, 1.54) is 18.3 Å². The Balaban J connectivity index is 1.86. The highest BCUT2D eigenvalue weighted by Crippen LogP contribution is 2.36. The monoisotopic (exact) mass is 478 g/mol. The van der Waals surface area contributed by atoms with Crippen molar-refractivity contribution in [1.82, 2.24) is 5.32 Å². The molecule has 1 aliphatic carbocycles. The molecule has 2 amide bonds. The minimum Gasteiger partial charge on any atom is -0.497 e. The lowest BCUT2D eigenvalue weighted by Gasteiger charge is -2.32. The van der Waals surface area contributed by atoms with Crippen molar-refractivity contribution in [3.63, 3.8) is 0 Å². The van der Waals surface area contributed by atoms with Crippen LogP contribution in [0.25, 0.3) is 0 Å². The summed E-state index contributed by atoms with van der Waals surface area (Å²) in [6.07, 6.45) is 5.39. The summed E-state index contributed by atoms with van der Waals surface area (Å²) in [5.41, 5.74) is 1.06. The molecule has 2 aromatic carbocycles. The van der Waals surface area contributed by atoms with Gasteiger partial charge >= 0.3 is 0 Å². The Morgan fingerprint density at radius 2 is 1.71 bits per heavy atom. The van der Waals surface area contributed by atoms with Crippen molar-refractivity contribution in [3.05, 3.63) is 72.2 Å². The van der Waals surface area contributed by atoms with Crippen LogP contribution in [-0.4, -0.2) is 39.2 Å². The number of anilines is 1. The van der Waals surface area contributed by atoms with E-state index in [0.717, 1.165) is 25.7 Å². The van der Waals surface area contributed by atoms with E-state index in [4.69, 9.17) is 18.6 Å². The Kier molecular flexibility index (Phi) is 7.60. The van der Waals surface area contributed by atoms with Crippen molar-refractivity contribution in [1.29, 1.82) is 0 Å². The Labute approximate surface area is 204 Å². The molecule has 0 aliphatic heterocycles. The standard InChI is InChI=1S/C27H30N2O6/c1-32-21-11-6-10-20(17-21)29(27(31)23-12-7-15-35-23)25(26(30)28-19-8-4-5-9-19)18-13-14-22(33-2)24(16-18)34-3/h6-7,10-17,19,25H,4-5,8-9H2,1-3H3,(H,28,30)/t25-/m1/s1. The normalized spacial score (nSPS) is 14.3. The molecule has 0 radical (unpaired) electrons. The van der Waals surface area contributed by atoms with Gasteiger partial charge < -0.3 is 23.9 Å². The lowest BCUT2D eigenvalue weighted by Crippen LogP contribution is -2.46. The van der Waals surface area contributed by atoms with Gasteiger partial charge in [-0.1, -0.05) is 25.0 Å². The van der Waals surface area contributed by atoms with Gasteiger partial charge in [-0.15, -0.1) is 0 Å². The van der Waals surface area contributed by atoms with Crippen molar-refractivity contribution in [2.75, 3.05) is 26.2 Å². The predicted molar refractivity (Wildman–Crippen MR) is 131 cm³/mol. The molecule has 1 N–H and O–H groups in total. The maximum atomic E-state index is 13.9. The fraction of sp³-hybridized carbons (Fsp3) is 0.333. The van der Waals surface area contributed by atoms with Crippen LogP contribution in [0.1, 0.15) is 47.8 Å². The number of furan rings is 1. The Morgan fingerprint density at radius 1 is 0.943 bits per heavy atom. The molecule has 0 bridgehead atoms. The third-order valence-electron chi connectivity index (χ3n) is 6.21. The largest absolute Gasteiger partial charge is 0.497 e. The van der Waals surface area contributed by atoms with Crippen LogP contribution in [-0.2, 0) is 4.79 Å². The summed E-state index contributed by atoms with van der Waals surface area (Å²) in [4.78, 5) is 29.1. The van der Waals surface area contributed by atoms with E-state index >= 15 is 0 Å². The first-order valence-corrected chi connectivity index (χ1v) is 11.6. The van der Waals surface area contributed by atoms with E-state index in [1.807, 2.05) is 0 Å². The van der Waals surface area contributed by atoms with Gasteiger partial charge in [-0.2, -0.15) is 0 Å². The first kappa shape index (κ1) is 24.2. The van der Waals surface area contributed by atoms with Crippen LogP contribution in [0.15, 0.2) is 65.3 Å². The molecule has 1 atom stereocenters. The van der Waals surface area contributed by atoms with Crippen molar-refractivity contribution < 1.29 is 28.2 Å². The molecule has 184 valence electrons. The number of amides is 2. The van der Waals surface area contributed by atoms with Gasteiger partial charge in [-0.3, -0.25) is 14.5 Å². The first-order valence-electron chi connectivity index (χ1n) is 11.6. The van der Waals surface area contributed by atoms with Crippen molar-refractivity contribution >= 4 is 17.5 Å². The fourth-order valence-corrected chi connectivity index (χ4v) is 4.45. The smallest absolute Gasteiger partial charge is 0.294 e. The molecule has 4 rings (SSSR count). The van der Waals surface area contributed by atoms with Crippen molar-refractivity contribution in [3.8, 4) is 17.2 Å². The molecule has 0 unspecified atom stereocenters. The number of ether oxygens (including phenoxy) is 3. The van der Waals surface area contributed by atoms with E-state index in [2.05, 4.69) is 5.32 Å². The van der Waals surface area contributed by atoms with Crippen molar-refractivity contribution in [2.24, 2.45) is 0 Å². The number of nitrogens with zero attached hydrogens (tertiary/aromatic N) is 1. The molecular weight excluding hydrogens is 448 g/mol. The van der Waals surface area contributed by atoms with Crippen LogP contribution < -0.4 is 24.4 Å². The molecule has 1 heterocycles. The summed E-state index contributed by atoms with van der Waals surface area (Å²) in [5, 5.41) is 3.16. The van der Waals surface area contributed by atoms with Gasteiger partial charge in [-0.05, 0) is 54.8 Å². The molecule has 1 fully saturated rings. The van der Waals surface area contributed by atoms with E-state index in [9.17, 15) is 9.59 Å². The molecule has 8 heteroatoms. The number of nitrogens with one attached hydrogen (secondary N) is 1. The van der Waals surface area contributed by atoms with Crippen LogP contribution >= 0.6 is 0 Å². The van der Waals surface area contributed by atoms with E-state index in [0.29, 0.717) is 28.5 Å². The summed E-state index contributed by atoms with van der Waals surface area (Å²) in [6, 6.07) is 14.5. The molecule has 1 saturated carbocycles. The molecule has 1 aliphatic rings. The second-order valence-electron chi connectivity index (χ2n) is 8.36.